The van der Waals surface area contributed by atoms with Gasteiger partial charge in [0.15, 0.2) is 0 Å². The molecule has 0 radical (unpaired) electrons. The van der Waals surface area contributed by atoms with Crippen LogP contribution in [0, 0.1) is 0 Å². The summed E-state index contributed by atoms with van der Waals surface area (Å²) in [5.41, 5.74) is 0. The van der Waals surface area contributed by atoms with Crippen molar-refractivity contribution in [1.82, 2.24) is 15.1 Å². The van der Waals surface area contributed by atoms with Gasteiger partial charge in [0.25, 0.3) is 0 Å². The minimum Gasteiger partial charge on any atom is -0.342 e. The van der Waals surface area contributed by atoms with Crippen LogP contribution >= 0.6 is 0 Å². The predicted octanol–water partition coefficient (Wildman–Crippen LogP) is -0.0959. The van der Waals surface area contributed by atoms with Crippen molar-refractivity contribution in [3.05, 3.63) is 0 Å². The highest BCUT2D eigenvalue weighted by molar-refractivity contribution is 5.78. The molecular weight excluding hydrogens is 190 g/mol. The number of likely N-dealkylation sites (tertiary alicyclic amines) is 1. The van der Waals surface area contributed by atoms with Crippen molar-refractivity contribution in [3.63, 3.8) is 0 Å². The maximum atomic E-state index is 11.9. The lowest BCUT2D eigenvalue weighted by Crippen LogP contribution is -2.40. The summed E-state index contributed by atoms with van der Waals surface area (Å²) in [4.78, 5) is 16.2. The Morgan fingerprint density at radius 2 is 1.80 bits per heavy atom. The fourth-order valence-corrected chi connectivity index (χ4v) is 2.32. The summed E-state index contributed by atoms with van der Waals surface area (Å²) in [5.74, 6) is 0.328. The summed E-state index contributed by atoms with van der Waals surface area (Å²) in [5, 5.41) is 3.35. The van der Waals surface area contributed by atoms with E-state index in [0.717, 1.165) is 45.7 Å². The Morgan fingerprint density at radius 3 is 2.60 bits per heavy atom. The first-order valence-corrected chi connectivity index (χ1v) is 6.07. The second kappa shape index (κ2) is 5.47. The maximum Gasteiger partial charge on any atom is 0.236 e. The lowest BCUT2D eigenvalue weighted by Gasteiger charge is -2.22. The van der Waals surface area contributed by atoms with Crippen LogP contribution in [0.1, 0.15) is 19.3 Å². The zero-order valence-corrected chi connectivity index (χ0v) is 9.37. The fraction of sp³-hybridized carbons (Fsp3) is 0.909. The van der Waals surface area contributed by atoms with Gasteiger partial charge in [0.1, 0.15) is 0 Å². The monoisotopic (exact) mass is 211 g/mol. The number of rotatable bonds is 2. The Balaban J connectivity index is 1.76. The number of hydrogen-bond acceptors (Lipinski definition) is 3. The average Bonchev–Trinajstić information content (AvgIpc) is 2.65. The lowest BCUT2D eigenvalue weighted by atomic mass is 10.3. The molecule has 0 saturated carbocycles. The van der Waals surface area contributed by atoms with Crippen molar-refractivity contribution in [3.8, 4) is 0 Å². The molecule has 0 aromatic heterocycles. The molecule has 2 saturated heterocycles. The van der Waals surface area contributed by atoms with Crippen LogP contribution in [0.2, 0.25) is 0 Å². The van der Waals surface area contributed by atoms with Crippen LogP contribution in [-0.2, 0) is 4.79 Å². The third-order valence-corrected chi connectivity index (χ3v) is 3.25. The molecule has 15 heavy (non-hydrogen) atoms. The summed E-state index contributed by atoms with van der Waals surface area (Å²) < 4.78 is 0. The molecule has 86 valence electrons. The molecule has 2 fully saturated rings. The van der Waals surface area contributed by atoms with Gasteiger partial charge in [-0.05, 0) is 32.4 Å². The van der Waals surface area contributed by atoms with Gasteiger partial charge in [-0.1, -0.05) is 0 Å². The largest absolute Gasteiger partial charge is 0.342 e. The van der Waals surface area contributed by atoms with E-state index in [1.54, 1.807) is 0 Å². The smallest absolute Gasteiger partial charge is 0.236 e. The minimum atomic E-state index is 0.328. The fourth-order valence-electron chi connectivity index (χ4n) is 2.32. The van der Waals surface area contributed by atoms with Gasteiger partial charge in [-0.3, -0.25) is 9.69 Å². The van der Waals surface area contributed by atoms with Crippen LogP contribution in [0.25, 0.3) is 0 Å². The van der Waals surface area contributed by atoms with E-state index >= 15 is 0 Å². The number of nitrogens with zero attached hydrogens (tertiary/aromatic N) is 2. The van der Waals surface area contributed by atoms with Crippen LogP contribution in [0.5, 0.6) is 0 Å². The number of hydrogen-bond donors (Lipinski definition) is 1. The molecule has 4 nitrogen and oxygen atoms in total. The van der Waals surface area contributed by atoms with Crippen LogP contribution in [0.3, 0.4) is 0 Å². The van der Waals surface area contributed by atoms with E-state index < -0.39 is 0 Å². The van der Waals surface area contributed by atoms with Gasteiger partial charge in [-0.15, -0.1) is 0 Å². The van der Waals surface area contributed by atoms with Crippen LogP contribution in [-0.4, -0.2) is 61.5 Å². The molecule has 1 amide bonds. The Kier molecular flexibility index (Phi) is 3.97. The Labute approximate surface area is 91.6 Å². The molecule has 2 rings (SSSR count). The lowest BCUT2D eigenvalue weighted by molar-refractivity contribution is -0.131. The van der Waals surface area contributed by atoms with Gasteiger partial charge in [-0.2, -0.15) is 0 Å². The van der Waals surface area contributed by atoms with Gasteiger partial charge >= 0.3 is 0 Å². The molecule has 4 heteroatoms. The SMILES string of the molecule is O=C(CN1CCCNCC1)N1CCCC1. The molecule has 0 aliphatic carbocycles. The van der Waals surface area contributed by atoms with Crippen LogP contribution in [0.4, 0.5) is 0 Å². The van der Waals surface area contributed by atoms with Gasteiger partial charge in [0.2, 0.25) is 5.91 Å². The molecule has 0 atom stereocenters. The van der Waals surface area contributed by atoms with E-state index in [9.17, 15) is 4.79 Å². The van der Waals surface area contributed by atoms with E-state index in [-0.39, 0.29) is 0 Å². The highest BCUT2D eigenvalue weighted by Crippen LogP contribution is 2.08. The molecule has 0 aromatic rings. The first kappa shape index (κ1) is 10.9. The third-order valence-electron chi connectivity index (χ3n) is 3.25. The molecule has 2 aliphatic heterocycles. The van der Waals surface area contributed by atoms with E-state index in [4.69, 9.17) is 0 Å². The third kappa shape index (κ3) is 3.18. The van der Waals surface area contributed by atoms with E-state index in [1.807, 2.05) is 4.90 Å². The van der Waals surface area contributed by atoms with Crippen molar-refractivity contribution in [2.75, 3.05) is 45.8 Å². The second-order valence-electron chi connectivity index (χ2n) is 4.47. The van der Waals surface area contributed by atoms with Gasteiger partial charge in [0.05, 0.1) is 6.54 Å². The normalized spacial score (nSPS) is 24.1. The first-order valence-electron chi connectivity index (χ1n) is 6.07. The minimum absolute atomic E-state index is 0.328. The molecule has 0 spiro atoms. The van der Waals surface area contributed by atoms with Crippen molar-refractivity contribution < 1.29 is 4.79 Å². The molecule has 2 heterocycles. The van der Waals surface area contributed by atoms with Gasteiger partial charge in [0, 0.05) is 26.2 Å². The molecule has 0 bridgehead atoms. The quantitative estimate of drug-likeness (QED) is 0.693. The molecular formula is C11H21N3O. The second-order valence-corrected chi connectivity index (χ2v) is 4.47. The van der Waals surface area contributed by atoms with Crippen LogP contribution in [0.15, 0.2) is 0 Å². The first-order chi connectivity index (χ1) is 7.36. The summed E-state index contributed by atoms with van der Waals surface area (Å²) in [7, 11) is 0. The van der Waals surface area contributed by atoms with Gasteiger partial charge in [-0.25, -0.2) is 0 Å². The summed E-state index contributed by atoms with van der Waals surface area (Å²) in [6.07, 6.45) is 3.54. The summed E-state index contributed by atoms with van der Waals surface area (Å²) in [6.45, 7) is 6.77. The summed E-state index contributed by atoms with van der Waals surface area (Å²) >= 11 is 0. The number of nitrogens with one attached hydrogen (secondary N) is 1. The number of carbonyl (C=O) groups is 1. The highest BCUT2D eigenvalue weighted by atomic mass is 16.2. The Morgan fingerprint density at radius 1 is 1.00 bits per heavy atom. The Hall–Kier alpha value is -0.610. The van der Waals surface area contributed by atoms with E-state index in [1.165, 1.54) is 12.8 Å². The average molecular weight is 211 g/mol. The van der Waals surface area contributed by atoms with Crippen molar-refractivity contribution >= 4 is 5.91 Å². The zero-order chi connectivity index (χ0) is 10.5. The predicted molar refractivity (Wildman–Crippen MR) is 59.7 cm³/mol. The molecule has 1 N–H and O–H groups in total. The van der Waals surface area contributed by atoms with E-state index in [0.29, 0.717) is 12.5 Å². The van der Waals surface area contributed by atoms with Crippen LogP contribution < -0.4 is 5.32 Å². The maximum absolute atomic E-state index is 11.9. The molecule has 0 unspecified atom stereocenters. The number of carbonyl (C=O) groups excluding carboxylic acids is 1. The van der Waals surface area contributed by atoms with E-state index in [2.05, 4.69) is 10.2 Å². The molecule has 0 aromatic carbocycles. The van der Waals surface area contributed by atoms with Crippen molar-refractivity contribution in [2.24, 2.45) is 0 Å². The van der Waals surface area contributed by atoms with Crippen molar-refractivity contribution in [1.29, 1.82) is 0 Å². The van der Waals surface area contributed by atoms with Gasteiger partial charge < -0.3 is 10.2 Å². The zero-order valence-electron chi connectivity index (χ0n) is 9.37. The summed E-state index contributed by atoms with van der Waals surface area (Å²) in [6, 6.07) is 0. The van der Waals surface area contributed by atoms with Crippen molar-refractivity contribution in [2.45, 2.75) is 19.3 Å². The molecule has 2 aliphatic rings. The number of amides is 1. The standard InChI is InChI=1S/C11H21N3O/c15-11(14-7-1-2-8-14)10-13-6-3-4-12-5-9-13/h12H,1-10H2. The topological polar surface area (TPSA) is 35.6 Å². The highest BCUT2D eigenvalue weighted by Gasteiger charge is 2.20. The Bertz CT molecular complexity index is 206.